The van der Waals surface area contributed by atoms with Crippen LogP contribution in [0.2, 0.25) is 18.1 Å². The lowest BCUT2D eigenvalue weighted by atomic mass is 9.47. The second-order valence-corrected chi connectivity index (χ2v) is 22.3. The Kier molecular flexibility index (Phi) is 10.5. The van der Waals surface area contributed by atoms with Gasteiger partial charge in [0.05, 0.1) is 0 Å². The van der Waals surface area contributed by atoms with Crippen molar-refractivity contribution in [1.82, 2.24) is 0 Å². The minimum atomic E-state index is -2.89. The molecule has 0 N–H and O–H groups in total. The van der Waals surface area contributed by atoms with Crippen molar-refractivity contribution in [3.8, 4) is 0 Å². The third-order valence-corrected chi connectivity index (χ3v) is 17.9. The van der Waals surface area contributed by atoms with Crippen molar-refractivity contribution in [2.45, 2.75) is 170 Å². The maximum Gasteiger partial charge on any atom is 0.274 e. The van der Waals surface area contributed by atoms with E-state index >= 15 is 8.78 Å². The third kappa shape index (κ3) is 6.88. The SMILES string of the molecule is CCOC(C)OC(C(C)C)C(F)(F)C[C@@H](C)[C@H]1CCC2C3CC=C4CC[C@H](O[Si](C)(C)C(C)(C)C)C[C@]4(C)C3CC[C@@]21C. The Balaban J connectivity index is 1.48. The number of alkyl halides is 2. The second kappa shape index (κ2) is 12.7. The number of hydrogen-bond donors (Lipinski definition) is 0. The summed E-state index contributed by atoms with van der Waals surface area (Å²) in [5.74, 6) is -0.907. The van der Waals surface area contributed by atoms with E-state index in [2.05, 4.69) is 60.7 Å². The molecule has 6 heteroatoms. The normalized spacial score (nSPS) is 37.3. The van der Waals surface area contributed by atoms with Gasteiger partial charge in [0.2, 0.25) is 0 Å². The topological polar surface area (TPSA) is 27.7 Å². The highest BCUT2D eigenvalue weighted by molar-refractivity contribution is 6.74. The lowest BCUT2D eigenvalue weighted by Crippen LogP contribution is -2.53. The molecule has 10 atom stereocenters. The van der Waals surface area contributed by atoms with Gasteiger partial charge in [-0.1, -0.05) is 67.0 Å². The molecule has 4 aliphatic carbocycles. The Labute approximate surface area is 264 Å². The van der Waals surface area contributed by atoms with E-state index in [0.717, 1.165) is 19.3 Å². The molecule has 0 aromatic rings. The van der Waals surface area contributed by atoms with E-state index in [1.807, 2.05) is 20.8 Å². The first-order chi connectivity index (χ1) is 19.8. The van der Waals surface area contributed by atoms with Crippen molar-refractivity contribution in [3.63, 3.8) is 0 Å². The summed E-state index contributed by atoms with van der Waals surface area (Å²) in [7, 11) is -1.83. The van der Waals surface area contributed by atoms with Crippen molar-refractivity contribution in [3.05, 3.63) is 11.6 Å². The number of allylic oxidation sites excluding steroid dienone is 2. The van der Waals surface area contributed by atoms with Gasteiger partial charge in [0, 0.05) is 19.1 Å². The summed E-state index contributed by atoms with van der Waals surface area (Å²) in [6, 6.07) is 0. The molecule has 0 spiro atoms. The average molecular weight is 625 g/mol. The molecule has 0 heterocycles. The Morgan fingerprint density at radius 1 is 1.00 bits per heavy atom. The molecule has 0 radical (unpaired) electrons. The molecule has 0 amide bonds. The van der Waals surface area contributed by atoms with Crippen LogP contribution in [0.5, 0.6) is 0 Å². The standard InChI is InChI=1S/C37H66F2O3Si/c1-13-40-26(5)41-33(24(2)3)37(38,39)22-25(4)30-18-19-31-29-17-15-27-14-16-28(42-43(11,12)34(6,7)8)23-36(27,10)32(29)20-21-35(30,31)9/h15,24-26,28-33H,13-14,16-23H2,1-12H3/t25-,26?,28+,29?,30-,31?,32?,33?,35-,36+/m1/s1. The highest BCUT2D eigenvalue weighted by atomic mass is 28.4. The van der Waals surface area contributed by atoms with Crippen LogP contribution in [0.15, 0.2) is 11.6 Å². The zero-order valence-electron chi connectivity index (χ0n) is 29.8. The van der Waals surface area contributed by atoms with Gasteiger partial charge in [-0.05, 0) is 130 Å². The van der Waals surface area contributed by atoms with Gasteiger partial charge in [0.25, 0.3) is 5.92 Å². The summed E-state index contributed by atoms with van der Waals surface area (Å²) in [6.07, 6.45) is 10.4. The van der Waals surface area contributed by atoms with Crippen molar-refractivity contribution in [2.24, 2.45) is 46.3 Å². The zero-order chi connectivity index (χ0) is 32.2. The smallest absolute Gasteiger partial charge is 0.274 e. The summed E-state index contributed by atoms with van der Waals surface area (Å²) < 4.78 is 50.2. The lowest BCUT2D eigenvalue weighted by molar-refractivity contribution is -0.238. The average Bonchev–Trinajstić information content (AvgIpc) is 3.23. The molecule has 0 bridgehead atoms. The largest absolute Gasteiger partial charge is 0.414 e. The molecule has 0 aromatic heterocycles. The van der Waals surface area contributed by atoms with Crippen molar-refractivity contribution < 1.29 is 22.7 Å². The molecular weight excluding hydrogens is 558 g/mol. The van der Waals surface area contributed by atoms with E-state index in [1.165, 1.54) is 32.1 Å². The van der Waals surface area contributed by atoms with Crippen LogP contribution in [0.4, 0.5) is 8.78 Å². The van der Waals surface area contributed by atoms with E-state index in [4.69, 9.17) is 13.9 Å². The number of rotatable bonds is 11. The van der Waals surface area contributed by atoms with Gasteiger partial charge in [0.1, 0.15) is 6.10 Å². The van der Waals surface area contributed by atoms with Crippen molar-refractivity contribution in [2.75, 3.05) is 6.61 Å². The molecule has 3 saturated carbocycles. The zero-order valence-corrected chi connectivity index (χ0v) is 30.8. The molecule has 0 aliphatic heterocycles. The predicted molar refractivity (Wildman–Crippen MR) is 177 cm³/mol. The van der Waals surface area contributed by atoms with E-state index in [-0.39, 0.29) is 34.1 Å². The van der Waals surface area contributed by atoms with Crippen LogP contribution in [-0.2, 0) is 13.9 Å². The van der Waals surface area contributed by atoms with Crippen LogP contribution in [0.1, 0.15) is 127 Å². The minimum absolute atomic E-state index is 0.0453. The van der Waals surface area contributed by atoms with E-state index in [0.29, 0.717) is 36.4 Å². The maximum atomic E-state index is 15.9. The summed E-state index contributed by atoms with van der Waals surface area (Å²) in [6.45, 7) is 26.7. The van der Waals surface area contributed by atoms with Crippen LogP contribution in [0, 0.1) is 46.3 Å². The van der Waals surface area contributed by atoms with Gasteiger partial charge < -0.3 is 13.9 Å². The van der Waals surface area contributed by atoms with Gasteiger partial charge in [-0.2, -0.15) is 0 Å². The fourth-order valence-electron chi connectivity index (χ4n) is 10.3. The molecule has 250 valence electrons. The predicted octanol–water partition coefficient (Wildman–Crippen LogP) is 11.0. The van der Waals surface area contributed by atoms with Crippen LogP contribution in [-0.4, -0.2) is 39.3 Å². The van der Waals surface area contributed by atoms with Gasteiger partial charge >= 0.3 is 0 Å². The van der Waals surface area contributed by atoms with E-state index in [9.17, 15) is 0 Å². The molecule has 4 rings (SSSR count). The number of halogens is 2. The molecule has 3 fully saturated rings. The molecule has 0 aromatic carbocycles. The number of hydrogen-bond acceptors (Lipinski definition) is 3. The second-order valence-electron chi connectivity index (χ2n) is 17.5. The van der Waals surface area contributed by atoms with Crippen molar-refractivity contribution in [1.29, 1.82) is 0 Å². The van der Waals surface area contributed by atoms with Gasteiger partial charge in [-0.25, -0.2) is 8.78 Å². The summed E-state index contributed by atoms with van der Waals surface area (Å²) in [4.78, 5) is 0. The first-order valence-electron chi connectivity index (χ1n) is 17.8. The monoisotopic (exact) mass is 624 g/mol. The van der Waals surface area contributed by atoms with Crippen LogP contribution < -0.4 is 0 Å². The fraction of sp³-hybridized carbons (Fsp3) is 0.946. The quantitative estimate of drug-likeness (QED) is 0.130. The van der Waals surface area contributed by atoms with Crippen LogP contribution in [0.3, 0.4) is 0 Å². The molecule has 3 nitrogen and oxygen atoms in total. The van der Waals surface area contributed by atoms with Gasteiger partial charge in [0.15, 0.2) is 14.6 Å². The van der Waals surface area contributed by atoms with Crippen molar-refractivity contribution >= 4 is 8.32 Å². The maximum absolute atomic E-state index is 15.9. The number of ether oxygens (including phenoxy) is 2. The molecule has 4 aliphatic rings. The van der Waals surface area contributed by atoms with Crippen LogP contribution in [0.25, 0.3) is 0 Å². The molecular formula is C37H66F2O3Si. The highest BCUT2D eigenvalue weighted by Crippen LogP contribution is 2.67. The van der Waals surface area contributed by atoms with Gasteiger partial charge in [-0.3, -0.25) is 0 Å². The first kappa shape index (κ1) is 35.5. The van der Waals surface area contributed by atoms with E-state index < -0.39 is 26.6 Å². The Hall–Kier alpha value is -0.303. The summed E-state index contributed by atoms with van der Waals surface area (Å²) >= 11 is 0. The summed E-state index contributed by atoms with van der Waals surface area (Å²) in [5.41, 5.74) is 2.04. The summed E-state index contributed by atoms with van der Waals surface area (Å²) in [5, 5.41) is 0.223. The Bertz CT molecular complexity index is 989. The molecule has 43 heavy (non-hydrogen) atoms. The van der Waals surface area contributed by atoms with Crippen LogP contribution >= 0.6 is 0 Å². The highest BCUT2D eigenvalue weighted by Gasteiger charge is 2.60. The Morgan fingerprint density at radius 2 is 1.67 bits per heavy atom. The molecule has 0 saturated heterocycles. The fourth-order valence-corrected chi connectivity index (χ4v) is 11.7. The minimum Gasteiger partial charge on any atom is -0.414 e. The van der Waals surface area contributed by atoms with Gasteiger partial charge in [-0.15, -0.1) is 0 Å². The number of fused-ring (bicyclic) bond motifs is 5. The Morgan fingerprint density at radius 3 is 2.28 bits per heavy atom. The lowest BCUT2D eigenvalue weighted by Gasteiger charge is -2.59. The molecule has 5 unspecified atom stereocenters. The first-order valence-corrected chi connectivity index (χ1v) is 20.7. The third-order valence-electron chi connectivity index (χ3n) is 13.4. The van der Waals surface area contributed by atoms with E-state index in [1.54, 1.807) is 12.5 Å².